The van der Waals surface area contributed by atoms with E-state index >= 15 is 0 Å². The van der Waals surface area contributed by atoms with E-state index in [9.17, 15) is 0 Å². The van der Waals surface area contributed by atoms with Gasteiger partial charge >= 0.3 is 0 Å². The lowest BCUT2D eigenvalue weighted by Gasteiger charge is -2.17. The van der Waals surface area contributed by atoms with E-state index in [1.54, 1.807) is 0 Å². The SMILES string of the molecule is C=C(C)CC(C)(C)C.C=Cc1ccccc1. The molecule has 0 aromatic heterocycles. The zero-order chi connectivity index (χ0) is 12.6. The normalized spacial score (nSPS) is 10.0. The van der Waals surface area contributed by atoms with Crippen molar-refractivity contribution in [3.8, 4) is 0 Å². The molecule has 1 aromatic rings. The molecule has 1 rings (SSSR count). The smallest absolute Gasteiger partial charge is 0.0263 e. The minimum Gasteiger partial charge on any atom is -0.100 e. The third-order valence-corrected chi connectivity index (χ3v) is 1.87. The monoisotopic (exact) mass is 216 g/mol. The molecule has 0 N–H and O–H groups in total. The summed E-state index contributed by atoms with van der Waals surface area (Å²) < 4.78 is 0. The van der Waals surface area contributed by atoms with Crippen molar-refractivity contribution >= 4 is 6.08 Å². The van der Waals surface area contributed by atoms with E-state index in [1.165, 1.54) is 11.1 Å². The van der Waals surface area contributed by atoms with Crippen molar-refractivity contribution in [2.24, 2.45) is 5.41 Å². The lowest BCUT2D eigenvalue weighted by molar-refractivity contribution is 0.410. The first kappa shape index (κ1) is 14.7. The van der Waals surface area contributed by atoms with Gasteiger partial charge in [0.25, 0.3) is 0 Å². The molecule has 0 aliphatic heterocycles. The molecule has 0 amide bonds. The highest BCUT2D eigenvalue weighted by atomic mass is 14.1. The van der Waals surface area contributed by atoms with E-state index in [0.717, 1.165) is 6.42 Å². The molecule has 0 saturated carbocycles. The Balaban J connectivity index is 0.000000281. The van der Waals surface area contributed by atoms with Crippen molar-refractivity contribution in [3.05, 3.63) is 54.6 Å². The molecule has 0 saturated heterocycles. The number of benzene rings is 1. The summed E-state index contributed by atoms with van der Waals surface area (Å²) in [6.07, 6.45) is 2.97. The predicted molar refractivity (Wildman–Crippen MR) is 75.4 cm³/mol. The van der Waals surface area contributed by atoms with E-state index < -0.39 is 0 Å². The van der Waals surface area contributed by atoms with E-state index in [2.05, 4.69) is 40.9 Å². The molecule has 0 unspecified atom stereocenters. The van der Waals surface area contributed by atoms with E-state index in [-0.39, 0.29) is 0 Å². The summed E-state index contributed by atoms with van der Waals surface area (Å²) in [6, 6.07) is 10.0. The molecule has 0 atom stereocenters. The first-order chi connectivity index (χ1) is 7.35. The van der Waals surface area contributed by atoms with Crippen LogP contribution in [0.15, 0.2) is 49.1 Å². The highest BCUT2D eigenvalue weighted by Gasteiger charge is 2.08. The summed E-state index contributed by atoms with van der Waals surface area (Å²) in [6.45, 7) is 16.2. The number of allylic oxidation sites excluding steroid dienone is 1. The molecule has 0 bridgehead atoms. The molecule has 0 aliphatic rings. The van der Waals surface area contributed by atoms with Crippen LogP contribution in [0.5, 0.6) is 0 Å². The first-order valence-corrected chi connectivity index (χ1v) is 5.67. The highest BCUT2D eigenvalue weighted by molar-refractivity contribution is 5.45. The van der Waals surface area contributed by atoms with Crippen molar-refractivity contribution in [2.45, 2.75) is 34.1 Å². The van der Waals surface area contributed by atoms with Crippen molar-refractivity contribution in [1.82, 2.24) is 0 Å². The van der Waals surface area contributed by atoms with Crippen molar-refractivity contribution in [2.75, 3.05) is 0 Å². The van der Waals surface area contributed by atoms with Crippen molar-refractivity contribution in [3.63, 3.8) is 0 Å². The summed E-state index contributed by atoms with van der Waals surface area (Å²) in [7, 11) is 0. The first-order valence-electron chi connectivity index (χ1n) is 5.67. The average Bonchev–Trinajstić information content (AvgIpc) is 2.16. The van der Waals surface area contributed by atoms with Gasteiger partial charge in [0, 0.05) is 0 Å². The van der Waals surface area contributed by atoms with Crippen LogP contribution in [0.25, 0.3) is 6.08 Å². The standard InChI is InChI=1S/C8H8.C8H16/c1-2-8-6-4-3-5-7-8;1-7(2)6-8(3,4)5/h2-7H,1H2;1,6H2,2-5H3. The zero-order valence-electron chi connectivity index (χ0n) is 11.1. The quantitative estimate of drug-likeness (QED) is 0.586. The Kier molecular flexibility index (Phi) is 6.48. The van der Waals surface area contributed by atoms with Gasteiger partial charge in [-0.1, -0.05) is 69.3 Å². The molecule has 0 heterocycles. The molecule has 1 aromatic carbocycles. The average molecular weight is 216 g/mol. The molecule has 0 radical (unpaired) electrons. The minimum absolute atomic E-state index is 0.422. The third-order valence-electron chi connectivity index (χ3n) is 1.87. The van der Waals surface area contributed by atoms with Crippen LogP contribution in [0.2, 0.25) is 0 Å². The topological polar surface area (TPSA) is 0 Å². The van der Waals surface area contributed by atoms with Gasteiger partial charge in [-0.15, -0.1) is 6.58 Å². The minimum atomic E-state index is 0.422. The molecule has 0 spiro atoms. The fraction of sp³-hybridized carbons (Fsp3) is 0.375. The number of hydrogen-bond acceptors (Lipinski definition) is 0. The van der Waals surface area contributed by atoms with Crippen molar-refractivity contribution < 1.29 is 0 Å². The lowest BCUT2D eigenvalue weighted by Crippen LogP contribution is -2.03. The second-order valence-corrected chi connectivity index (χ2v) is 5.31. The highest BCUT2D eigenvalue weighted by Crippen LogP contribution is 2.22. The third kappa shape index (κ3) is 9.26. The van der Waals surface area contributed by atoms with Crippen molar-refractivity contribution in [1.29, 1.82) is 0 Å². The van der Waals surface area contributed by atoms with Gasteiger partial charge in [-0.3, -0.25) is 0 Å². The van der Waals surface area contributed by atoms with E-state index in [1.807, 2.05) is 36.4 Å². The van der Waals surface area contributed by atoms with Crippen LogP contribution in [-0.2, 0) is 0 Å². The Morgan fingerprint density at radius 2 is 1.69 bits per heavy atom. The molecule has 16 heavy (non-hydrogen) atoms. The summed E-state index contributed by atoms with van der Waals surface area (Å²) in [5, 5.41) is 0. The van der Waals surface area contributed by atoms with Crippen LogP contribution >= 0.6 is 0 Å². The van der Waals surface area contributed by atoms with E-state index in [0.29, 0.717) is 5.41 Å². The van der Waals surface area contributed by atoms with Gasteiger partial charge < -0.3 is 0 Å². The molecule has 0 nitrogen and oxygen atoms in total. The number of hydrogen-bond donors (Lipinski definition) is 0. The zero-order valence-corrected chi connectivity index (χ0v) is 11.1. The lowest BCUT2D eigenvalue weighted by atomic mass is 9.89. The maximum absolute atomic E-state index is 3.84. The molecule has 88 valence electrons. The van der Waals surface area contributed by atoms with Crippen LogP contribution in [0, 0.1) is 5.41 Å². The fourth-order valence-corrected chi connectivity index (χ4v) is 1.49. The van der Waals surface area contributed by atoms with Gasteiger partial charge in [0.1, 0.15) is 0 Å². The maximum Gasteiger partial charge on any atom is -0.0263 e. The fourth-order valence-electron chi connectivity index (χ4n) is 1.49. The Bertz CT molecular complexity index is 312. The van der Waals surface area contributed by atoms with Crippen LogP contribution < -0.4 is 0 Å². The van der Waals surface area contributed by atoms with Crippen LogP contribution in [0.3, 0.4) is 0 Å². The Morgan fingerprint density at radius 3 is 1.88 bits per heavy atom. The molecular formula is C16H24. The van der Waals surface area contributed by atoms with Gasteiger partial charge in [0.15, 0.2) is 0 Å². The second-order valence-electron chi connectivity index (χ2n) is 5.31. The van der Waals surface area contributed by atoms with Crippen LogP contribution in [0.1, 0.15) is 39.7 Å². The maximum atomic E-state index is 3.84. The summed E-state index contributed by atoms with van der Waals surface area (Å²) in [5.41, 5.74) is 2.87. The predicted octanol–water partition coefficient (Wildman–Crippen LogP) is 5.33. The van der Waals surface area contributed by atoms with Gasteiger partial charge in [-0.25, -0.2) is 0 Å². The van der Waals surface area contributed by atoms with Gasteiger partial charge in [0.05, 0.1) is 0 Å². The molecular weight excluding hydrogens is 192 g/mol. The summed E-state index contributed by atoms with van der Waals surface area (Å²) in [4.78, 5) is 0. The molecule has 0 aliphatic carbocycles. The van der Waals surface area contributed by atoms with E-state index in [4.69, 9.17) is 0 Å². The summed E-state index contributed by atoms with van der Waals surface area (Å²) >= 11 is 0. The second kappa shape index (κ2) is 7.05. The van der Waals surface area contributed by atoms with Gasteiger partial charge in [-0.05, 0) is 24.3 Å². The summed E-state index contributed by atoms with van der Waals surface area (Å²) in [5.74, 6) is 0. The Hall–Kier alpha value is -1.30. The Labute approximate surface area is 101 Å². The van der Waals surface area contributed by atoms with Crippen LogP contribution in [0.4, 0.5) is 0 Å². The molecule has 0 heteroatoms. The van der Waals surface area contributed by atoms with Gasteiger partial charge in [-0.2, -0.15) is 0 Å². The van der Waals surface area contributed by atoms with Crippen LogP contribution in [-0.4, -0.2) is 0 Å². The number of rotatable bonds is 2. The Morgan fingerprint density at radius 1 is 1.19 bits per heavy atom. The largest absolute Gasteiger partial charge is 0.100 e. The van der Waals surface area contributed by atoms with Gasteiger partial charge in [0.2, 0.25) is 0 Å². The molecule has 0 fully saturated rings.